The Kier molecular flexibility index (Phi) is 5.49. The molecule has 1 N–H and O–H groups in total. The maximum absolute atomic E-state index is 12.2. The number of carbonyl (C=O) groups is 2. The summed E-state index contributed by atoms with van der Waals surface area (Å²) in [5.74, 6) is 5.57. The maximum Gasteiger partial charge on any atom is 0.338 e. The minimum atomic E-state index is -0.405. The molecule has 0 unspecified atom stereocenters. The molecule has 1 aliphatic rings. The van der Waals surface area contributed by atoms with Gasteiger partial charge in [-0.1, -0.05) is 11.8 Å². The van der Waals surface area contributed by atoms with Gasteiger partial charge in [-0.2, -0.15) is 0 Å². The van der Waals surface area contributed by atoms with Crippen LogP contribution in [-0.2, 0) is 4.74 Å². The number of esters is 1. The molecule has 0 spiro atoms. The molecule has 0 bridgehead atoms. The van der Waals surface area contributed by atoms with Gasteiger partial charge in [-0.25, -0.2) is 9.59 Å². The van der Waals surface area contributed by atoms with Gasteiger partial charge in [0.25, 0.3) is 0 Å². The van der Waals surface area contributed by atoms with Crippen LogP contribution in [-0.4, -0.2) is 36.2 Å². The van der Waals surface area contributed by atoms with Gasteiger partial charge in [0, 0.05) is 43.2 Å². The number of carbonyl (C=O) groups excluding carboxylic acids is 2. The van der Waals surface area contributed by atoms with E-state index in [2.05, 4.69) is 22.1 Å². The predicted octanol–water partition coefficient (Wildman–Crippen LogP) is 2.60. The van der Waals surface area contributed by atoms with E-state index in [4.69, 9.17) is 4.74 Å². The lowest BCUT2D eigenvalue weighted by atomic mass is 10.2. The lowest BCUT2D eigenvalue weighted by molar-refractivity contribution is 0.0352. The van der Waals surface area contributed by atoms with E-state index < -0.39 is 5.97 Å². The minimum absolute atomic E-state index is 0.124. The second-order valence-corrected chi connectivity index (χ2v) is 5.89. The Morgan fingerprint density at radius 3 is 2.81 bits per heavy atom. The van der Waals surface area contributed by atoms with Crippen molar-refractivity contribution in [1.82, 2.24) is 10.3 Å². The fourth-order valence-corrected chi connectivity index (χ4v) is 2.52. The van der Waals surface area contributed by atoms with E-state index in [0.29, 0.717) is 25.1 Å². The Labute approximate surface area is 152 Å². The van der Waals surface area contributed by atoms with Crippen molar-refractivity contribution in [3.63, 3.8) is 0 Å². The van der Waals surface area contributed by atoms with Crippen LogP contribution in [0.25, 0.3) is 0 Å². The summed E-state index contributed by atoms with van der Waals surface area (Å²) in [5.41, 5.74) is 2.03. The van der Waals surface area contributed by atoms with Crippen LogP contribution in [0.1, 0.15) is 29.3 Å². The summed E-state index contributed by atoms with van der Waals surface area (Å²) in [6.07, 6.45) is 3.49. The number of urea groups is 1. The van der Waals surface area contributed by atoms with Gasteiger partial charge in [-0.15, -0.1) is 0 Å². The SMILES string of the molecule is C[C@H](CC#Cc1cccnc1)OC(=O)c1ccc(N2CCNC2=O)cc1. The molecule has 1 aromatic heterocycles. The molecule has 1 atom stereocenters. The van der Waals surface area contributed by atoms with Crippen molar-refractivity contribution in [3.8, 4) is 11.8 Å². The van der Waals surface area contributed by atoms with E-state index in [1.54, 1.807) is 48.5 Å². The average molecular weight is 349 g/mol. The quantitative estimate of drug-likeness (QED) is 0.680. The van der Waals surface area contributed by atoms with Gasteiger partial charge in [0.05, 0.1) is 5.56 Å². The Balaban J connectivity index is 1.54. The number of pyridine rings is 1. The number of anilines is 1. The highest BCUT2D eigenvalue weighted by Crippen LogP contribution is 2.18. The smallest absolute Gasteiger partial charge is 0.338 e. The monoisotopic (exact) mass is 349 g/mol. The van der Waals surface area contributed by atoms with Gasteiger partial charge in [-0.3, -0.25) is 9.88 Å². The summed E-state index contributed by atoms with van der Waals surface area (Å²) in [6.45, 7) is 3.05. The van der Waals surface area contributed by atoms with E-state index in [-0.39, 0.29) is 12.1 Å². The summed E-state index contributed by atoms with van der Waals surface area (Å²) in [7, 11) is 0. The third kappa shape index (κ3) is 4.39. The molecule has 6 nitrogen and oxygen atoms in total. The number of ether oxygens (including phenoxy) is 1. The first kappa shape index (κ1) is 17.5. The molecule has 1 aromatic carbocycles. The van der Waals surface area contributed by atoms with Gasteiger partial charge in [-0.05, 0) is 43.3 Å². The van der Waals surface area contributed by atoms with Gasteiger partial charge in [0.15, 0.2) is 0 Å². The minimum Gasteiger partial charge on any atom is -0.458 e. The van der Waals surface area contributed by atoms with Gasteiger partial charge < -0.3 is 10.1 Å². The molecule has 2 heterocycles. The molecule has 0 radical (unpaired) electrons. The highest BCUT2D eigenvalue weighted by atomic mass is 16.5. The van der Waals surface area contributed by atoms with Crippen LogP contribution < -0.4 is 10.2 Å². The third-order valence-electron chi connectivity index (χ3n) is 3.86. The Bertz CT molecular complexity index is 838. The van der Waals surface area contributed by atoms with E-state index in [9.17, 15) is 9.59 Å². The molecule has 26 heavy (non-hydrogen) atoms. The van der Waals surface area contributed by atoms with Crippen molar-refractivity contribution in [2.45, 2.75) is 19.4 Å². The molecule has 132 valence electrons. The van der Waals surface area contributed by atoms with Crippen molar-refractivity contribution in [3.05, 3.63) is 59.9 Å². The molecule has 2 aromatic rings. The number of benzene rings is 1. The summed E-state index contributed by atoms with van der Waals surface area (Å²) < 4.78 is 5.41. The Morgan fingerprint density at radius 1 is 1.35 bits per heavy atom. The van der Waals surface area contributed by atoms with E-state index in [0.717, 1.165) is 11.3 Å². The van der Waals surface area contributed by atoms with Crippen LogP contribution >= 0.6 is 0 Å². The van der Waals surface area contributed by atoms with Crippen LogP contribution in [0.2, 0.25) is 0 Å². The topological polar surface area (TPSA) is 71.5 Å². The summed E-state index contributed by atoms with van der Waals surface area (Å²) in [6, 6.07) is 10.4. The summed E-state index contributed by atoms with van der Waals surface area (Å²) >= 11 is 0. The zero-order valence-electron chi connectivity index (χ0n) is 14.4. The van der Waals surface area contributed by atoms with E-state index in [1.165, 1.54) is 0 Å². The molecule has 2 amide bonds. The number of hydrogen-bond acceptors (Lipinski definition) is 4. The van der Waals surface area contributed by atoms with Crippen molar-refractivity contribution in [1.29, 1.82) is 0 Å². The van der Waals surface area contributed by atoms with Crippen molar-refractivity contribution in [2.75, 3.05) is 18.0 Å². The molecular weight excluding hydrogens is 330 g/mol. The summed E-state index contributed by atoms with van der Waals surface area (Å²) in [4.78, 5) is 29.5. The third-order valence-corrected chi connectivity index (χ3v) is 3.86. The predicted molar refractivity (Wildman–Crippen MR) is 97.8 cm³/mol. The second kappa shape index (κ2) is 8.17. The number of hydrogen-bond donors (Lipinski definition) is 1. The van der Waals surface area contributed by atoms with Crippen LogP contribution in [0, 0.1) is 11.8 Å². The number of aromatic nitrogens is 1. The average Bonchev–Trinajstić information content (AvgIpc) is 3.08. The Morgan fingerprint density at radius 2 is 2.15 bits per heavy atom. The fraction of sp³-hybridized carbons (Fsp3) is 0.250. The molecule has 0 saturated carbocycles. The number of nitrogens with zero attached hydrogens (tertiary/aromatic N) is 2. The van der Waals surface area contributed by atoms with Gasteiger partial charge in [0.2, 0.25) is 0 Å². The largest absolute Gasteiger partial charge is 0.458 e. The number of rotatable bonds is 4. The van der Waals surface area contributed by atoms with Gasteiger partial charge in [0.1, 0.15) is 6.10 Å². The molecular formula is C20H19N3O3. The van der Waals surface area contributed by atoms with Crippen LogP contribution in [0.15, 0.2) is 48.8 Å². The molecule has 1 aliphatic heterocycles. The molecule has 3 rings (SSSR count). The van der Waals surface area contributed by atoms with E-state index >= 15 is 0 Å². The zero-order chi connectivity index (χ0) is 18.4. The molecule has 0 aliphatic carbocycles. The standard InChI is InChI=1S/C20H19N3O3/c1-15(4-2-5-16-6-3-11-21-14-16)26-19(24)17-7-9-18(10-8-17)23-13-12-22-20(23)25/h3,6-11,14-15H,4,12-13H2,1H3,(H,22,25)/t15-/m1/s1. The second-order valence-electron chi connectivity index (χ2n) is 5.89. The van der Waals surface area contributed by atoms with Crippen molar-refractivity contribution >= 4 is 17.7 Å². The van der Waals surface area contributed by atoms with Crippen LogP contribution in [0.4, 0.5) is 10.5 Å². The van der Waals surface area contributed by atoms with Crippen LogP contribution in [0.3, 0.4) is 0 Å². The summed E-state index contributed by atoms with van der Waals surface area (Å²) in [5, 5.41) is 2.74. The lowest BCUT2D eigenvalue weighted by Gasteiger charge is -2.15. The first-order valence-corrected chi connectivity index (χ1v) is 8.39. The highest BCUT2D eigenvalue weighted by Gasteiger charge is 2.21. The number of nitrogens with one attached hydrogen (secondary N) is 1. The molecule has 1 fully saturated rings. The normalized spacial score (nSPS) is 14.2. The molecule has 6 heteroatoms. The maximum atomic E-state index is 12.2. The lowest BCUT2D eigenvalue weighted by Crippen LogP contribution is -2.27. The highest BCUT2D eigenvalue weighted by molar-refractivity contribution is 5.95. The number of amides is 2. The Hall–Kier alpha value is -3.33. The first-order chi connectivity index (χ1) is 12.6. The van der Waals surface area contributed by atoms with Crippen molar-refractivity contribution in [2.24, 2.45) is 0 Å². The van der Waals surface area contributed by atoms with E-state index in [1.807, 2.05) is 12.1 Å². The van der Waals surface area contributed by atoms with Crippen molar-refractivity contribution < 1.29 is 14.3 Å². The fourth-order valence-electron chi connectivity index (χ4n) is 2.52. The zero-order valence-corrected chi connectivity index (χ0v) is 14.4. The molecule has 1 saturated heterocycles. The van der Waals surface area contributed by atoms with Gasteiger partial charge >= 0.3 is 12.0 Å². The van der Waals surface area contributed by atoms with Crippen LogP contribution in [0.5, 0.6) is 0 Å². The first-order valence-electron chi connectivity index (χ1n) is 8.39.